The van der Waals surface area contributed by atoms with Crippen molar-refractivity contribution in [3.63, 3.8) is 0 Å². The molecule has 0 spiro atoms. The van der Waals surface area contributed by atoms with E-state index in [9.17, 15) is 0 Å². The van der Waals surface area contributed by atoms with Gasteiger partial charge in [0.15, 0.2) is 0 Å². The van der Waals surface area contributed by atoms with Crippen LogP contribution in [0.2, 0.25) is 0 Å². The van der Waals surface area contributed by atoms with Crippen LogP contribution in [0, 0.1) is 0 Å². The van der Waals surface area contributed by atoms with Gasteiger partial charge in [-0.3, -0.25) is 0 Å². The number of methoxy groups -OCH3 is 1. The molecule has 0 radical (unpaired) electrons. The monoisotopic (exact) mass is 287 g/mol. The van der Waals surface area contributed by atoms with E-state index < -0.39 is 0 Å². The van der Waals surface area contributed by atoms with Crippen LogP contribution in [0.5, 0.6) is 11.6 Å². The van der Waals surface area contributed by atoms with E-state index in [0.29, 0.717) is 5.88 Å². The smallest absolute Gasteiger partial charge is 0.216 e. The van der Waals surface area contributed by atoms with Crippen LogP contribution in [0.25, 0.3) is 0 Å². The highest BCUT2D eigenvalue weighted by Crippen LogP contribution is 2.25. The van der Waals surface area contributed by atoms with Gasteiger partial charge in [-0.15, -0.1) is 0 Å². The summed E-state index contributed by atoms with van der Waals surface area (Å²) in [5.41, 5.74) is 1.93. The Kier molecular flexibility index (Phi) is 5.11. The Bertz CT molecular complexity index is 587. The average molecular weight is 287 g/mol. The maximum absolute atomic E-state index is 5.75. The van der Waals surface area contributed by atoms with Crippen molar-refractivity contribution < 1.29 is 9.47 Å². The van der Waals surface area contributed by atoms with E-state index in [1.165, 1.54) is 6.33 Å². The predicted molar refractivity (Wildman–Crippen MR) is 81.7 cm³/mol. The second kappa shape index (κ2) is 7.04. The van der Waals surface area contributed by atoms with E-state index in [1.54, 1.807) is 7.11 Å². The van der Waals surface area contributed by atoms with Crippen LogP contribution in [0.3, 0.4) is 0 Å². The lowest BCUT2D eigenvalue weighted by Gasteiger charge is -2.18. The highest BCUT2D eigenvalue weighted by atomic mass is 16.5. The molecule has 21 heavy (non-hydrogen) atoms. The predicted octanol–water partition coefficient (Wildman–Crippen LogP) is 2.58. The first-order valence-electron chi connectivity index (χ1n) is 6.94. The summed E-state index contributed by atoms with van der Waals surface area (Å²) in [6.07, 6.45) is 1.65. The van der Waals surface area contributed by atoms with Crippen molar-refractivity contribution in [2.75, 3.05) is 14.2 Å². The van der Waals surface area contributed by atoms with Crippen LogP contribution < -0.4 is 14.8 Å². The standard InChI is InChI=1S/C16H21N3O2/c1-11(2)21-13-7-5-6-12(8-13)16(17-3)14-9-15(20-4)19-10-18-14/h5-11,16-17H,1-4H3. The van der Waals surface area contributed by atoms with Crippen molar-refractivity contribution >= 4 is 0 Å². The summed E-state index contributed by atoms with van der Waals surface area (Å²) in [7, 11) is 3.49. The molecule has 1 aromatic heterocycles. The molecule has 0 aliphatic carbocycles. The van der Waals surface area contributed by atoms with E-state index in [4.69, 9.17) is 9.47 Å². The largest absolute Gasteiger partial charge is 0.491 e. The SMILES string of the molecule is CNC(c1cccc(OC(C)C)c1)c1cc(OC)ncn1. The highest BCUT2D eigenvalue weighted by molar-refractivity contribution is 5.35. The molecule has 112 valence electrons. The first kappa shape index (κ1) is 15.3. The zero-order chi connectivity index (χ0) is 15.2. The summed E-state index contributed by atoms with van der Waals surface area (Å²) in [5, 5.41) is 3.27. The van der Waals surface area contributed by atoms with Gasteiger partial charge in [0.05, 0.1) is 24.9 Å². The zero-order valence-electron chi connectivity index (χ0n) is 12.8. The topological polar surface area (TPSA) is 56.3 Å². The number of nitrogens with zero attached hydrogens (tertiary/aromatic N) is 2. The molecule has 0 saturated carbocycles. The molecular weight excluding hydrogens is 266 g/mol. The van der Waals surface area contributed by atoms with E-state index in [2.05, 4.69) is 15.3 Å². The summed E-state index contributed by atoms with van der Waals surface area (Å²) >= 11 is 0. The first-order valence-corrected chi connectivity index (χ1v) is 6.94. The van der Waals surface area contributed by atoms with E-state index >= 15 is 0 Å². The van der Waals surface area contributed by atoms with E-state index in [0.717, 1.165) is 17.0 Å². The summed E-state index contributed by atoms with van der Waals surface area (Å²) in [5.74, 6) is 1.40. The number of benzene rings is 1. The summed E-state index contributed by atoms with van der Waals surface area (Å²) in [4.78, 5) is 8.37. The number of nitrogens with one attached hydrogen (secondary N) is 1. The molecule has 5 nitrogen and oxygen atoms in total. The van der Waals surface area contributed by atoms with Gasteiger partial charge in [0.25, 0.3) is 0 Å². The molecule has 1 unspecified atom stereocenters. The van der Waals surface area contributed by atoms with Crippen LogP contribution in [0.1, 0.15) is 31.1 Å². The number of aromatic nitrogens is 2. The zero-order valence-corrected chi connectivity index (χ0v) is 12.8. The van der Waals surface area contributed by atoms with Gasteiger partial charge in [-0.25, -0.2) is 9.97 Å². The molecule has 0 saturated heterocycles. The van der Waals surface area contributed by atoms with Crippen molar-refractivity contribution in [1.29, 1.82) is 0 Å². The second-order valence-corrected chi connectivity index (χ2v) is 4.95. The highest BCUT2D eigenvalue weighted by Gasteiger charge is 2.15. The first-order chi connectivity index (χ1) is 10.1. The quantitative estimate of drug-likeness (QED) is 0.885. The Hall–Kier alpha value is -2.14. The van der Waals surface area contributed by atoms with Crippen LogP contribution in [0.15, 0.2) is 36.7 Å². The second-order valence-electron chi connectivity index (χ2n) is 4.95. The third kappa shape index (κ3) is 3.92. The Morgan fingerprint density at radius 1 is 1.14 bits per heavy atom. The van der Waals surface area contributed by atoms with Crippen LogP contribution in [-0.4, -0.2) is 30.2 Å². The molecule has 2 aromatic rings. The molecular formula is C16H21N3O2. The minimum absolute atomic E-state index is 0.0439. The Morgan fingerprint density at radius 3 is 2.62 bits per heavy atom. The molecule has 2 rings (SSSR count). The molecule has 0 bridgehead atoms. The molecule has 5 heteroatoms. The van der Waals surface area contributed by atoms with Gasteiger partial charge in [-0.05, 0) is 38.6 Å². The number of hydrogen-bond acceptors (Lipinski definition) is 5. The minimum Gasteiger partial charge on any atom is -0.491 e. The average Bonchev–Trinajstić information content (AvgIpc) is 2.48. The van der Waals surface area contributed by atoms with Crippen molar-refractivity contribution in [2.45, 2.75) is 26.0 Å². The van der Waals surface area contributed by atoms with Gasteiger partial charge in [0.2, 0.25) is 5.88 Å². The molecule has 1 N–H and O–H groups in total. The Morgan fingerprint density at radius 2 is 1.95 bits per heavy atom. The molecule has 0 aliphatic rings. The lowest BCUT2D eigenvalue weighted by Crippen LogP contribution is -2.19. The van der Waals surface area contributed by atoms with Gasteiger partial charge in [-0.2, -0.15) is 0 Å². The lowest BCUT2D eigenvalue weighted by atomic mass is 10.0. The number of ether oxygens (including phenoxy) is 2. The van der Waals surface area contributed by atoms with Crippen LogP contribution in [-0.2, 0) is 0 Å². The van der Waals surface area contributed by atoms with E-state index in [1.807, 2.05) is 51.2 Å². The molecule has 1 atom stereocenters. The molecule has 1 aromatic carbocycles. The normalized spacial score (nSPS) is 12.2. The minimum atomic E-state index is -0.0439. The number of rotatable bonds is 6. The lowest BCUT2D eigenvalue weighted by molar-refractivity contribution is 0.242. The van der Waals surface area contributed by atoms with E-state index in [-0.39, 0.29) is 12.1 Å². The van der Waals surface area contributed by atoms with Crippen LogP contribution in [0.4, 0.5) is 0 Å². The third-order valence-corrected chi connectivity index (χ3v) is 3.02. The van der Waals surface area contributed by atoms with Crippen molar-refractivity contribution in [2.24, 2.45) is 0 Å². The van der Waals surface area contributed by atoms with Crippen LogP contribution >= 0.6 is 0 Å². The van der Waals surface area contributed by atoms with Crippen molar-refractivity contribution in [3.8, 4) is 11.6 Å². The summed E-state index contributed by atoms with van der Waals surface area (Å²) < 4.78 is 10.9. The maximum Gasteiger partial charge on any atom is 0.216 e. The van der Waals surface area contributed by atoms with Gasteiger partial charge < -0.3 is 14.8 Å². The third-order valence-electron chi connectivity index (χ3n) is 3.02. The van der Waals surface area contributed by atoms with Gasteiger partial charge in [-0.1, -0.05) is 12.1 Å². The fourth-order valence-corrected chi connectivity index (χ4v) is 2.15. The molecule has 1 heterocycles. The van der Waals surface area contributed by atoms with Gasteiger partial charge >= 0.3 is 0 Å². The molecule has 0 aliphatic heterocycles. The summed E-state index contributed by atoms with van der Waals surface area (Å²) in [6, 6.07) is 9.79. The molecule has 0 amide bonds. The Balaban J connectivity index is 2.32. The van der Waals surface area contributed by atoms with Gasteiger partial charge in [0, 0.05) is 6.07 Å². The maximum atomic E-state index is 5.75. The molecule has 0 fully saturated rings. The number of hydrogen-bond donors (Lipinski definition) is 1. The summed E-state index contributed by atoms with van der Waals surface area (Å²) in [6.45, 7) is 4.02. The fourth-order valence-electron chi connectivity index (χ4n) is 2.15. The van der Waals surface area contributed by atoms with Crippen molar-refractivity contribution in [3.05, 3.63) is 47.9 Å². The van der Waals surface area contributed by atoms with Crippen molar-refractivity contribution in [1.82, 2.24) is 15.3 Å². The van der Waals surface area contributed by atoms with Gasteiger partial charge in [0.1, 0.15) is 12.1 Å². The Labute approximate surface area is 125 Å². The fraction of sp³-hybridized carbons (Fsp3) is 0.375.